The number of esters is 3. The van der Waals surface area contributed by atoms with Crippen LogP contribution in [0.5, 0.6) is 0 Å². The normalized spacial score (nSPS) is 12.2. The van der Waals surface area contributed by atoms with Crippen LogP contribution in [0.25, 0.3) is 33.4 Å². The molecule has 92 heavy (non-hydrogen) atoms. The molecule has 19 heteroatoms. The van der Waals surface area contributed by atoms with Crippen LogP contribution in [0.15, 0.2) is 146 Å². The van der Waals surface area contributed by atoms with E-state index in [4.69, 9.17) is 47.7 Å². The van der Waals surface area contributed by atoms with Gasteiger partial charge in [0, 0.05) is 76.3 Å². The number of Topliss-reactive ketones (excluding diaryl/α,β-unsaturated/α-hetero) is 1. The van der Waals surface area contributed by atoms with Crippen molar-refractivity contribution in [1.82, 2.24) is 10.6 Å². The van der Waals surface area contributed by atoms with Crippen molar-refractivity contribution in [2.24, 2.45) is 0 Å². The maximum absolute atomic E-state index is 12.3. The van der Waals surface area contributed by atoms with Gasteiger partial charge >= 0.3 is 30.0 Å². The summed E-state index contributed by atoms with van der Waals surface area (Å²) in [6, 6.07) is 49.4. The molecule has 3 N–H and O–H groups in total. The predicted octanol–water partition coefficient (Wildman–Crippen LogP) is 11.2. The van der Waals surface area contributed by atoms with Gasteiger partial charge in [-0.05, 0) is 106 Å². The molecule has 490 valence electrons. The smallest absolute Gasteiger partial charge is 0.407 e. The summed E-state index contributed by atoms with van der Waals surface area (Å²) in [4.78, 5) is 81.2. The van der Waals surface area contributed by atoms with Crippen LogP contribution in [0.4, 0.5) is 4.79 Å². The third-order valence-electron chi connectivity index (χ3n) is 15.3. The lowest BCUT2D eigenvalue weighted by atomic mass is 9.98. The fourth-order valence-electron chi connectivity index (χ4n) is 11.0. The van der Waals surface area contributed by atoms with Crippen molar-refractivity contribution in [2.75, 3.05) is 106 Å². The molecule has 9 rings (SSSR count). The molecule has 0 spiro atoms. The zero-order valence-corrected chi connectivity index (χ0v) is 52.7. The van der Waals surface area contributed by atoms with Crippen molar-refractivity contribution in [3.05, 3.63) is 179 Å². The number of alkyl carbamates (subject to hydrolysis) is 1. The number of ketones is 1. The molecule has 0 heterocycles. The van der Waals surface area contributed by atoms with E-state index in [-0.39, 0.29) is 99.6 Å². The molecular weight excluding hydrogens is 1180 g/mol. The van der Waals surface area contributed by atoms with Crippen LogP contribution in [-0.2, 0) is 71.4 Å². The number of carboxylic acids is 1. The monoisotopic (exact) mass is 1260 g/mol. The molecule has 3 aliphatic rings. The van der Waals surface area contributed by atoms with Gasteiger partial charge in [0.15, 0.2) is 5.78 Å². The Kier molecular flexibility index (Phi) is 30.5. The molecule has 0 atom stereocenters. The third kappa shape index (κ3) is 22.7. The highest BCUT2D eigenvalue weighted by atomic mass is 16.6. The van der Waals surface area contributed by atoms with E-state index < -0.39 is 12.1 Å². The third-order valence-corrected chi connectivity index (χ3v) is 15.3. The molecule has 6 aromatic carbocycles. The minimum atomic E-state index is -1.00. The van der Waals surface area contributed by atoms with Crippen molar-refractivity contribution >= 4 is 41.7 Å². The predicted molar refractivity (Wildman–Crippen MR) is 346 cm³/mol. The fourth-order valence-corrected chi connectivity index (χ4v) is 11.0. The summed E-state index contributed by atoms with van der Waals surface area (Å²) in [5.74, 6) is -1.74. The van der Waals surface area contributed by atoms with Crippen molar-refractivity contribution in [3.8, 4) is 33.4 Å². The number of carbonyl (C=O) groups is 7. The van der Waals surface area contributed by atoms with Crippen LogP contribution in [0, 0.1) is 0 Å². The zero-order valence-electron chi connectivity index (χ0n) is 52.7. The molecule has 0 aromatic heterocycles. The molecule has 0 unspecified atom stereocenters. The number of carboxylic acid groups (broad SMARTS) is 1. The Labute approximate surface area is 538 Å². The van der Waals surface area contributed by atoms with E-state index in [1.165, 1.54) is 66.8 Å². The summed E-state index contributed by atoms with van der Waals surface area (Å²) in [5, 5.41) is 13.8. The van der Waals surface area contributed by atoms with Crippen LogP contribution in [0.1, 0.15) is 123 Å². The Hall–Kier alpha value is -8.59. The number of ether oxygens (including phenoxy) is 9. The van der Waals surface area contributed by atoms with Gasteiger partial charge in [-0.2, -0.15) is 0 Å². The summed E-state index contributed by atoms with van der Waals surface area (Å²) in [6.45, 7) is 8.20. The second kappa shape index (κ2) is 39.6. The van der Waals surface area contributed by atoms with Crippen molar-refractivity contribution in [3.63, 3.8) is 0 Å². The highest BCUT2D eigenvalue weighted by Crippen LogP contribution is 2.47. The summed E-state index contributed by atoms with van der Waals surface area (Å²) in [5.41, 5.74) is 14.4. The number of nitrogens with one attached hydrogen (secondary N) is 2. The zero-order chi connectivity index (χ0) is 65.1. The van der Waals surface area contributed by atoms with Gasteiger partial charge in [-0.3, -0.25) is 24.0 Å². The molecule has 0 radical (unpaired) electrons. The van der Waals surface area contributed by atoms with Gasteiger partial charge in [-0.25, -0.2) is 9.59 Å². The van der Waals surface area contributed by atoms with Crippen molar-refractivity contribution < 1.29 is 81.3 Å². The van der Waals surface area contributed by atoms with E-state index >= 15 is 0 Å². The average Bonchev–Trinajstić information content (AvgIpc) is 1.66. The number of hydrogen-bond acceptors (Lipinski definition) is 16. The molecule has 0 saturated heterocycles. The summed E-state index contributed by atoms with van der Waals surface area (Å²) < 4.78 is 47.5. The van der Waals surface area contributed by atoms with Gasteiger partial charge < -0.3 is 58.4 Å². The van der Waals surface area contributed by atoms with Crippen molar-refractivity contribution in [1.29, 1.82) is 0 Å². The molecule has 0 saturated carbocycles. The highest BCUT2D eigenvalue weighted by Gasteiger charge is 2.32. The SMILES string of the molecule is CCCOC(=O)CCCNC(=O)COCCOCCCC(=O)OCC1c2ccccc2-c2ccccc21.CCOCC(=O)CCCNC(=O)OCC1c2ccccc2-c2ccccc21.O=C(O)COCCOCCCC(=O)OCC1c2ccccc2-c2ccccc21. The summed E-state index contributed by atoms with van der Waals surface area (Å²) in [6.07, 6.45) is 3.80. The summed E-state index contributed by atoms with van der Waals surface area (Å²) >= 11 is 0. The number of rotatable bonds is 37. The van der Waals surface area contributed by atoms with Gasteiger partial charge in [0.2, 0.25) is 5.91 Å². The van der Waals surface area contributed by atoms with Crippen LogP contribution in [0.2, 0.25) is 0 Å². The van der Waals surface area contributed by atoms with Crippen LogP contribution >= 0.6 is 0 Å². The highest BCUT2D eigenvalue weighted by molar-refractivity contribution is 5.82. The van der Waals surface area contributed by atoms with E-state index in [2.05, 4.69) is 83.4 Å². The van der Waals surface area contributed by atoms with Crippen LogP contribution in [-0.4, -0.2) is 152 Å². The molecule has 0 fully saturated rings. The lowest BCUT2D eigenvalue weighted by molar-refractivity contribution is -0.145. The summed E-state index contributed by atoms with van der Waals surface area (Å²) in [7, 11) is 0. The topological polar surface area (TPSA) is 247 Å². The van der Waals surface area contributed by atoms with E-state index in [1.54, 1.807) is 0 Å². The largest absolute Gasteiger partial charge is 0.480 e. The van der Waals surface area contributed by atoms with E-state index in [1.807, 2.05) is 86.6 Å². The second-order valence-corrected chi connectivity index (χ2v) is 22.0. The first kappa shape index (κ1) is 70.9. The van der Waals surface area contributed by atoms with Gasteiger partial charge in [0.1, 0.15) is 39.6 Å². The van der Waals surface area contributed by atoms with Gasteiger partial charge in [-0.1, -0.05) is 153 Å². The Morgan fingerprint density at radius 3 is 1.14 bits per heavy atom. The molecule has 6 aromatic rings. The number of benzene rings is 6. The first-order valence-corrected chi connectivity index (χ1v) is 31.8. The van der Waals surface area contributed by atoms with Crippen molar-refractivity contribution in [2.45, 2.75) is 89.4 Å². The second-order valence-electron chi connectivity index (χ2n) is 22.0. The lowest BCUT2D eigenvalue weighted by Gasteiger charge is -2.14. The fraction of sp³-hybridized carbons (Fsp3) is 0.411. The quantitative estimate of drug-likeness (QED) is 0.0186. The molecule has 0 bridgehead atoms. The van der Waals surface area contributed by atoms with Gasteiger partial charge in [-0.15, -0.1) is 0 Å². The minimum Gasteiger partial charge on any atom is -0.480 e. The maximum atomic E-state index is 12.3. The number of aliphatic carboxylic acids is 1. The first-order valence-electron chi connectivity index (χ1n) is 31.8. The molecule has 0 aliphatic heterocycles. The first-order chi connectivity index (χ1) is 45.0. The standard InChI is InChI=1S/C29H37NO7.C22H25NO4.C22H24O6/c1-2-16-36-28(32)13-7-15-30-27(31)21-35-19-18-34-17-8-14-29(33)37-20-26-24-11-5-3-9-22(24)23-10-4-6-12-25(23)26;1-2-26-14-16(24)8-7-13-23-22(25)27-15-21-19-11-5-3-9-17(19)18-10-4-6-12-20(18)21;23-21(24)15-27-13-12-26-11-5-10-22(25)28-14-20-18-8-3-1-6-16(18)17-7-2-4-9-19(17)20/h3-6,9-12,26H,2,7-8,13-21H2,1H3,(H,30,31);3-6,9-12,21H,2,7-8,13-15H2,1H3,(H,23,25);1-4,6-9,20H,5,10-15H2,(H,23,24). The molecule has 2 amide bonds. The number of carbonyl (C=O) groups excluding carboxylic acids is 6. The van der Waals surface area contributed by atoms with E-state index in [0.717, 1.165) is 6.42 Å². The lowest BCUT2D eigenvalue weighted by Crippen LogP contribution is -2.29. The van der Waals surface area contributed by atoms with Gasteiger partial charge in [0.25, 0.3) is 0 Å². The average molecular weight is 1260 g/mol. The Balaban J connectivity index is 0.000000199. The number of amides is 2. The van der Waals surface area contributed by atoms with E-state index in [0.29, 0.717) is 105 Å². The Morgan fingerprint density at radius 1 is 0.370 bits per heavy atom. The Morgan fingerprint density at radius 2 is 0.728 bits per heavy atom. The van der Waals surface area contributed by atoms with Gasteiger partial charge in [0.05, 0.1) is 33.0 Å². The van der Waals surface area contributed by atoms with E-state index in [9.17, 15) is 33.6 Å². The number of hydrogen-bond donors (Lipinski definition) is 3. The Bertz CT molecular complexity index is 3190. The maximum Gasteiger partial charge on any atom is 0.407 e. The molecule has 3 aliphatic carbocycles. The van der Waals surface area contributed by atoms with Crippen LogP contribution in [0.3, 0.4) is 0 Å². The molecular formula is C73H86N2O17. The van der Waals surface area contributed by atoms with Crippen LogP contribution < -0.4 is 10.6 Å². The number of fused-ring (bicyclic) bond motifs is 9. The minimum absolute atomic E-state index is 0.0474. The molecule has 19 nitrogen and oxygen atoms in total.